The molecule has 6 heteroatoms. The summed E-state index contributed by atoms with van der Waals surface area (Å²) in [5.74, 6) is 6.03. The van der Waals surface area contributed by atoms with Gasteiger partial charge >= 0.3 is 11.9 Å². The lowest BCUT2D eigenvalue weighted by molar-refractivity contribution is -0.145. The number of unbranched alkanes of at least 4 members (excludes halogenated alkanes) is 10. The van der Waals surface area contributed by atoms with Gasteiger partial charge in [-0.15, -0.1) is 0 Å². The SMILES string of the molecule is CCCCCCCCC1(CCCCCCCC)C2CC(C)CCC2C2CCC(C3CCC(N(C4CCC(N(C5CCC(C)CC5)C5CCCC(C(=O)O)C5)CC4)C4CCCC(C(=O)O)C4)CC3)CC21. The van der Waals surface area contributed by atoms with E-state index in [4.69, 9.17) is 0 Å². The summed E-state index contributed by atoms with van der Waals surface area (Å²) >= 11 is 0. The second kappa shape index (κ2) is 26.4. The molecule has 0 spiro atoms. The fraction of sp³-hybridized carbons (Fsp3) is 0.968. The predicted molar refractivity (Wildman–Crippen MR) is 286 cm³/mol. The van der Waals surface area contributed by atoms with Crippen LogP contribution in [0.25, 0.3) is 0 Å². The van der Waals surface area contributed by atoms with Crippen molar-refractivity contribution in [3.63, 3.8) is 0 Å². The van der Waals surface area contributed by atoms with Crippen molar-refractivity contribution < 1.29 is 19.8 Å². The molecule has 396 valence electrons. The van der Waals surface area contributed by atoms with E-state index in [0.29, 0.717) is 41.7 Å². The number of aliphatic carboxylic acids is 2. The maximum atomic E-state index is 12.6. The molecule has 0 saturated heterocycles. The summed E-state index contributed by atoms with van der Waals surface area (Å²) in [6, 6.07) is 3.19. The molecule has 0 amide bonds. The van der Waals surface area contributed by atoms with Crippen molar-refractivity contribution in [3.8, 4) is 0 Å². The van der Waals surface area contributed by atoms with Crippen LogP contribution in [0.1, 0.15) is 285 Å². The van der Waals surface area contributed by atoms with Gasteiger partial charge in [0.05, 0.1) is 11.8 Å². The number of nitrogens with zero attached hydrogens (tertiary/aromatic N) is 2. The number of carboxylic acids is 2. The molecule has 0 aromatic rings. The minimum Gasteiger partial charge on any atom is -0.481 e. The average Bonchev–Trinajstić information content (AvgIpc) is 3.62. The van der Waals surface area contributed by atoms with Crippen LogP contribution in [0, 0.1) is 64.6 Å². The van der Waals surface area contributed by atoms with Crippen LogP contribution in [0.15, 0.2) is 0 Å². The van der Waals surface area contributed by atoms with Crippen LogP contribution in [-0.4, -0.2) is 68.2 Å². The zero-order valence-corrected chi connectivity index (χ0v) is 45.6. The first-order valence-corrected chi connectivity index (χ1v) is 31.6. The number of carbonyl (C=O) groups is 2. The molecule has 0 aliphatic heterocycles. The van der Waals surface area contributed by atoms with E-state index in [0.717, 1.165) is 85.9 Å². The topological polar surface area (TPSA) is 81.1 Å². The van der Waals surface area contributed by atoms with Crippen LogP contribution in [0.5, 0.6) is 0 Å². The van der Waals surface area contributed by atoms with Gasteiger partial charge in [-0.1, -0.05) is 124 Å². The Morgan fingerprint density at radius 1 is 0.406 bits per heavy atom. The first-order valence-electron chi connectivity index (χ1n) is 31.6. The van der Waals surface area contributed by atoms with Gasteiger partial charge in [0.15, 0.2) is 0 Å². The highest BCUT2D eigenvalue weighted by atomic mass is 16.4. The standard InChI is InChI=1S/C63H110N2O4/c1-5-7-9-11-13-15-39-63(40-16-14-12-10-8-6-2)59-41-46(4)25-37-57(59)58-38-28-48(44-60(58)63)47-26-31-52(32-27-47)65(56-22-18-20-50(43-56)62(68)69)54-35-33-53(34-36-54)64(51-29-23-45(3)24-30-51)55-21-17-19-49(42-55)61(66)67/h45-60H,5-44H2,1-4H3,(H,66,67)(H,68,69). The lowest BCUT2D eigenvalue weighted by Crippen LogP contribution is -2.57. The summed E-state index contributed by atoms with van der Waals surface area (Å²) in [5, 5.41) is 20.5. The van der Waals surface area contributed by atoms with Crippen molar-refractivity contribution in [2.75, 3.05) is 0 Å². The van der Waals surface area contributed by atoms with E-state index in [-0.39, 0.29) is 11.8 Å². The van der Waals surface area contributed by atoms with E-state index in [2.05, 4.69) is 37.5 Å². The molecule has 10 unspecified atom stereocenters. The molecule has 6 nitrogen and oxygen atoms in total. The fourth-order valence-corrected chi connectivity index (χ4v) is 19.2. The van der Waals surface area contributed by atoms with E-state index in [9.17, 15) is 19.8 Å². The third kappa shape index (κ3) is 13.4. The van der Waals surface area contributed by atoms with Crippen molar-refractivity contribution in [3.05, 3.63) is 0 Å². The van der Waals surface area contributed by atoms with Gasteiger partial charge in [-0.2, -0.15) is 0 Å². The number of rotatable bonds is 23. The summed E-state index contributed by atoms with van der Waals surface area (Å²) in [4.78, 5) is 30.9. The highest BCUT2D eigenvalue weighted by Gasteiger charge is 2.61. The van der Waals surface area contributed by atoms with E-state index in [1.54, 1.807) is 19.3 Å². The van der Waals surface area contributed by atoms with Crippen LogP contribution in [0.4, 0.5) is 0 Å². The molecule has 8 rings (SSSR count). The monoisotopic (exact) mass is 959 g/mol. The first-order chi connectivity index (χ1) is 33.6. The molecule has 8 aliphatic carbocycles. The van der Waals surface area contributed by atoms with Crippen LogP contribution in [0.2, 0.25) is 0 Å². The Labute approximate surface area is 425 Å². The summed E-state index contributed by atoms with van der Waals surface area (Å²) < 4.78 is 0. The van der Waals surface area contributed by atoms with E-state index >= 15 is 0 Å². The Bertz CT molecular complexity index is 1510. The smallest absolute Gasteiger partial charge is 0.306 e. The minimum atomic E-state index is -0.572. The highest BCUT2D eigenvalue weighted by molar-refractivity contribution is 5.70. The van der Waals surface area contributed by atoms with Crippen molar-refractivity contribution in [2.45, 2.75) is 321 Å². The average molecular weight is 960 g/mol. The summed E-state index contributed by atoms with van der Waals surface area (Å²) in [5.41, 5.74) is 0.604. The van der Waals surface area contributed by atoms with Gasteiger partial charge in [0.1, 0.15) is 0 Å². The molecule has 8 saturated carbocycles. The number of fused-ring (bicyclic) bond motifs is 3. The van der Waals surface area contributed by atoms with Gasteiger partial charge in [-0.05, 0) is 213 Å². The van der Waals surface area contributed by atoms with Crippen LogP contribution >= 0.6 is 0 Å². The zero-order valence-electron chi connectivity index (χ0n) is 45.6. The van der Waals surface area contributed by atoms with Gasteiger partial charge in [0.25, 0.3) is 0 Å². The molecule has 0 radical (unpaired) electrons. The Balaban J connectivity index is 0.954. The molecule has 0 aromatic heterocycles. The molecule has 0 heterocycles. The molecular formula is C63H110N2O4. The third-order valence-corrected chi connectivity index (χ3v) is 22.7. The fourth-order valence-electron chi connectivity index (χ4n) is 19.2. The van der Waals surface area contributed by atoms with Crippen molar-refractivity contribution in [1.29, 1.82) is 0 Å². The minimum absolute atomic E-state index is 0.178. The molecule has 69 heavy (non-hydrogen) atoms. The maximum Gasteiger partial charge on any atom is 0.306 e. The Hall–Kier alpha value is -1.14. The van der Waals surface area contributed by atoms with Gasteiger partial charge in [-0.3, -0.25) is 19.4 Å². The Morgan fingerprint density at radius 2 is 0.797 bits per heavy atom. The van der Waals surface area contributed by atoms with Crippen LogP contribution in [0.3, 0.4) is 0 Å². The molecular weight excluding hydrogens is 849 g/mol. The molecule has 2 N–H and O–H groups in total. The zero-order chi connectivity index (χ0) is 48.3. The Morgan fingerprint density at radius 3 is 1.28 bits per heavy atom. The van der Waals surface area contributed by atoms with Crippen LogP contribution < -0.4 is 0 Å². The van der Waals surface area contributed by atoms with E-state index < -0.39 is 11.9 Å². The Kier molecular flexibility index (Phi) is 20.7. The number of carboxylic acid groups (broad SMARTS) is 2. The van der Waals surface area contributed by atoms with Gasteiger partial charge in [0, 0.05) is 36.3 Å². The first kappa shape index (κ1) is 54.1. The summed E-state index contributed by atoms with van der Waals surface area (Å²) in [6.07, 6.45) is 52.9. The van der Waals surface area contributed by atoms with Gasteiger partial charge < -0.3 is 10.2 Å². The molecule has 8 aliphatic rings. The number of hydrogen-bond acceptors (Lipinski definition) is 4. The lowest BCUT2D eigenvalue weighted by Gasteiger charge is -2.53. The van der Waals surface area contributed by atoms with Gasteiger partial charge in [-0.25, -0.2) is 0 Å². The van der Waals surface area contributed by atoms with Crippen LogP contribution in [-0.2, 0) is 9.59 Å². The van der Waals surface area contributed by atoms with Gasteiger partial charge in [0.2, 0.25) is 0 Å². The number of hydrogen-bond donors (Lipinski definition) is 2. The second-order valence-electron chi connectivity index (χ2n) is 26.9. The van der Waals surface area contributed by atoms with Crippen molar-refractivity contribution in [1.82, 2.24) is 9.80 Å². The normalized spacial score (nSPS) is 39.5. The largest absolute Gasteiger partial charge is 0.481 e. The molecule has 10 atom stereocenters. The van der Waals surface area contributed by atoms with Crippen molar-refractivity contribution >= 4 is 11.9 Å². The summed E-state index contributed by atoms with van der Waals surface area (Å²) in [7, 11) is 0. The maximum absolute atomic E-state index is 12.6. The quantitative estimate of drug-likeness (QED) is 0.0993. The molecule has 0 aromatic carbocycles. The van der Waals surface area contributed by atoms with E-state index in [1.165, 1.54) is 199 Å². The summed E-state index contributed by atoms with van der Waals surface area (Å²) in [6.45, 7) is 9.78. The third-order valence-electron chi connectivity index (χ3n) is 22.7. The second-order valence-corrected chi connectivity index (χ2v) is 26.9. The molecule has 0 bridgehead atoms. The molecule has 8 fully saturated rings. The van der Waals surface area contributed by atoms with Crippen molar-refractivity contribution in [2.24, 2.45) is 64.6 Å². The van der Waals surface area contributed by atoms with E-state index in [1.807, 2.05) is 0 Å². The highest BCUT2D eigenvalue weighted by Crippen LogP contribution is 2.68. The lowest BCUT2D eigenvalue weighted by atomic mass is 9.57. The predicted octanol–water partition coefficient (Wildman–Crippen LogP) is 16.9.